The van der Waals surface area contributed by atoms with Crippen LogP contribution in [0.5, 0.6) is 0 Å². The van der Waals surface area contributed by atoms with Gasteiger partial charge in [0.25, 0.3) is 0 Å². The lowest BCUT2D eigenvalue weighted by Crippen LogP contribution is -2.49. The van der Waals surface area contributed by atoms with Crippen LogP contribution < -0.4 is 4.90 Å². The highest BCUT2D eigenvalue weighted by Crippen LogP contribution is 2.17. The Bertz CT molecular complexity index is 896. The molecule has 0 aliphatic carbocycles. The van der Waals surface area contributed by atoms with Crippen molar-refractivity contribution in [1.29, 1.82) is 0 Å². The molecule has 1 amide bonds. The number of amides is 1. The van der Waals surface area contributed by atoms with Gasteiger partial charge in [0, 0.05) is 38.0 Å². The number of carbonyl (C=O) groups is 1. The second kappa shape index (κ2) is 8.83. The maximum absolute atomic E-state index is 12.5. The van der Waals surface area contributed by atoms with E-state index in [0.717, 1.165) is 24.7 Å². The average molecular weight is 395 g/mol. The van der Waals surface area contributed by atoms with Crippen LogP contribution in [0.3, 0.4) is 0 Å². The summed E-state index contributed by atoms with van der Waals surface area (Å²) in [4.78, 5) is 29.1. The molecule has 1 aromatic carbocycles. The molecule has 3 heterocycles. The van der Waals surface area contributed by atoms with Crippen molar-refractivity contribution < 1.29 is 4.79 Å². The molecule has 0 saturated carbocycles. The van der Waals surface area contributed by atoms with E-state index >= 15 is 0 Å². The van der Waals surface area contributed by atoms with Gasteiger partial charge in [0.05, 0.1) is 5.75 Å². The van der Waals surface area contributed by atoms with Crippen LogP contribution in [0.4, 0.5) is 5.82 Å². The minimum Gasteiger partial charge on any atom is -0.353 e. The largest absolute Gasteiger partial charge is 0.353 e. The highest BCUT2D eigenvalue weighted by Gasteiger charge is 2.22. The zero-order chi connectivity index (χ0) is 19.2. The molecule has 1 saturated heterocycles. The smallest absolute Gasteiger partial charge is 0.232 e. The van der Waals surface area contributed by atoms with E-state index in [4.69, 9.17) is 0 Å². The van der Waals surface area contributed by atoms with E-state index in [9.17, 15) is 4.79 Å². The highest BCUT2D eigenvalue weighted by atomic mass is 32.2. The minimum atomic E-state index is 0.201. The molecule has 1 fully saturated rings. The number of aromatic nitrogens is 5. The Kier molecular flexibility index (Phi) is 5.81. The summed E-state index contributed by atoms with van der Waals surface area (Å²) in [7, 11) is 0. The number of thioether (sulfide) groups is 1. The molecule has 28 heavy (non-hydrogen) atoms. The Morgan fingerprint density at radius 2 is 1.79 bits per heavy atom. The molecule has 3 aromatic rings. The van der Waals surface area contributed by atoms with Crippen molar-refractivity contribution in [2.75, 3.05) is 36.8 Å². The summed E-state index contributed by atoms with van der Waals surface area (Å²) in [6.45, 7) is 2.91. The maximum atomic E-state index is 12.5. The predicted octanol–water partition coefficient (Wildman–Crippen LogP) is 1.64. The van der Waals surface area contributed by atoms with Gasteiger partial charge in [0.2, 0.25) is 5.91 Å². The number of benzene rings is 1. The first-order valence-corrected chi connectivity index (χ1v) is 10.3. The highest BCUT2D eigenvalue weighted by molar-refractivity contribution is 7.99. The summed E-state index contributed by atoms with van der Waals surface area (Å²) in [5.74, 6) is 3.09. The summed E-state index contributed by atoms with van der Waals surface area (Å²) in [5.41, 5.74) is 1.25. The quantitative estimate of drug-likeness (QED) is 0.628. The molecule has 0 atom stereocenters. The standard InChI is InChI=1S/C19H21N7OS/c27-19(12-28-11-16-4-2-1-3-5-16)25-8-6-24(7-9-25)17-10-18(22-14-21-17)26-15-20-13-23-26/h1-5,10,13-15H,6-9,11-12H2. The third kappa shape index (κ3) is 4.48. The van der Waals surface area contributed by atoms with Crippen molar-refractivity contribution in [3.63, 3.8) is 0 Å². The van der Waals surface area contributed by atoms with E-state index in [1.54, 1.807) is 22.8 Å². The molecule has 0 unspecified atom stereocenters. The molecule has 9 heteroatoms. The van der Waals surface area contributed by atoms with Gasteiger partial charge in [0.1, 0.15) is 24.8 Å². The fourth-order valence-corrected chi connectivity index (χ4v) is 3.96. The van der Waals surface area contributed by atoms with Crippen LogP contribution in [0.1, 0.15) is 5.56 Å². The molecule has 1 aliphatic rings. The molecule has 0 radical (unpaired) electrons. The van der Waals surface area contributed by atoms with Crippen LogP contribution in [0.15, 0.2) is 55.4 Å². The lowest BCUT2D eigenvalue weighted by atomic mass is 10.2. The second-order valence-electron chi connectivity index (χ2n) is 6.42. The van der Waals surface area contributed by atoms with Gasteiger partial charge in [-0.05, 0) is 5.56 Å². The molecular weight excluding hydrogens is 374 g/mol. The Hall–Kier alpha value is -2.94. The van der Waals surface area contributed by atoms with Crippen LogP contribution in [0.25, 0.3) is 5.82 Å². The van der Waals surface area contributed by atoms with Crippen molar-refractivity contribution in [2.24, 2.45) is 0 Å². The first-order valence-electron chi connectivity index (χ1n) is 9.11. The molecular formula is C19H21N7OS. The SMILES string of the molecule is O=C(CSCc1ccccc1)N1CCN(c2cc(-n3cncn3)ncn2)CC1. The summed E-state index contributed by atoms with van der Waals surface area (Å²) in [5, 5.41) is 4.10. The fourth-order valence-electron chi connectivity index (χ4n) is 3.07. The Balaban J connectivity index is 1.27. The van der Waals surface area contributed by atoms with Crippen LogP contribution in [-0.4, -0.2) is 67.5 Å². The van der Waals surface area contributed by atoms with E-state index in [1.165, 1.54) is 18.2 Å². The predicted molar refractivity (Wildman–Crippen MR) is 108 cm³/mol. The van der Waals surface area contributed by atoms with E-state index in [0.29, 0.717) is 24.7 Å². The first-order chi connectivity index (χ1) is 13.8. The van der Waals surface area contributed by atoms with Gasteiger partial charge in [-0.3, -0.25) is 4.79 Å². The zero-order valence-electron chi connectivity index (χ0n) is 15.4. The summed E-state index contributed by atoms with van der Waals surface area (Å²) in [6.07, 6.45) is 4.61. The van der Waals surface area contributed by atoms with E-state index in [1.807, 2.05) is 29.2 Å². The Morgan fingerprint density at radius 3 is 2.54 bits per heavy atom. The van der Waals surface area contributed by atoms with Crippen LogP contribution >= 0.6 is 11.8 Å². The monoisotopic (exact) mass is 395 g/mol. The average Bonchev–Trinajstić information content (AvgIpc) is 3.30. The third-order valence-electron chi connectivity index (χ3n) is 4.59. The van der Waals surface area contributed by atoms with Crippen molar-refractivity contribution in [3.8, 4) is 5.82 Å². The van der Waals surface area contributed by atoms with Crippen molar-refractivity contribution in [2.45, 2.75) is 5.75 Å². The van der Waals surface area contributed by atoms with Gasteiger partial charge in [0.15, 0.2) is 5.82 Å². The van der Waals surface area contributed by atoms with Gasteiger partial charge in [-0.1, -0.05) is 30.3 Å². The molecule has 1 aliphatic heterocycles. The van der Waals surface area contributed by atoms with Gasteiger partial charge < -0.3 is 9.80 Å². The number of nitrogens with zero attached hydrogens (tertiary/aromatic N) is 7. The molecule has 0 spiro atoms. The maximum Gasteiger partial charge on any atom is 0.232 e. The number of hydrogen-bond donors (Lipinski definition) is 0. The van der Waals surface area contributed by atoms with E-state index in [2.05, 4.69) is 37.1 Å². The van der Waals surface area contributed by atoms with Crippen molar-refractivity contribution in [1.82, 2.24) is 29.6 Å². The third-order valence-corrected chi connectivity index (χ3v) is 5.57. The Morgan fingerprint density at radius 1 is 1.00 bits per heavy atom. The summed E-state index contributed by atoms with van der Waals surface area (Å²) in [6, 6.07) is 12.1. The van der Waals surface area contributed by atoms with E-state index < -0.39 is 0 Å². The lowest BCUT2D eigenvalue weighted by molar-refractivity contribution is -0.128. The summed E-state index contributed by atoms with van der Waals surface area (Å²) >= 11 is 1.66. The lowest BCUT2D eigenvalue weighted by Gasteiger charge is -2.35. The minimum absolute atomic E-state index is 0.201. The van der Waals surface area contributed by atoms with Gasteiger partial charge >= 0.3 is 0 Å². The van der Waals surface area contributed by atoms with Gasteiger partial charge in [-0.15, -0.1) is 11.8 Å². The van der Waals surface area contributed by atoms with Crippen LogP contribution in [0.2, 0.25) is 0 Å². The summed E-state index contributed by atoms with van der Waals surface area (Å²) < 4.78 is 1.61. The first kappa shape index (κ1) is 18.4. The number of rotatable bonds is 6. The number of carbonyl (C=O) groups excluding carboxylic acids is 1. The van der Waals surface area contributed by atoms with Crippen molar-refractivity contribution in [3.05, 3.63) is 60.9 Å². The normalized spacial score (nSPS) is 14.3. The molecule has 0 bridgehead atoms. The number of hydrogen-bond acceptors (Lipinski definition) is 7. The molecule has 0 N–H and O–H groups in total. The zero-order valence-corrected chi connectivity index (χ0v) is 16.2. The molecule has 4 rings (SSSR count). The van der Waals surface area contributed by atoms with E-state index in [-0.39, 0.29) is 5.91 Å². The van der Waals surface area contributed by atoms with Crippen molar-refractivity contribution >= 4 is 23.5 Å². The van der Waals surface area contributed by atoms with Gasteiger partial charge in [-0.25, -0.2) is 19.6 Å². The number of piperazine rings is 1. The number of anilines is 1. The van der Waals surface area contributed by atoms with Crippen LogP contribution in [-0.2, 0) is 10.5 Å². The Labute approximate surface area is 167 Å². The second-order valence-corrected chi connectivity index (χ2v) is 7.41. The molecule has 8 nitrogen and oxygen atoms in total. The van der Waals surface area contributed by atoms with Gasteiger partial charge in [-0.2, -0.15) is 5.10 Å². The molecule has 2 aromatic heterocycles. The topological polar surface area (TPSA) is 80.0 Å². The van der Waals surface area contributed by atoms with Crippen LogP contribution in [0, 0.1) is 0 Å². The fraction of sp³-hybridized carbons (Fsp3) is 0.316. The molecule has 144 valence electrons.